The third-order valence-electron chi connectivity index (χ3n) is 4.14. The van der Waals surface area contributed by atoms with Crippen molar-refractivity contribution in [3.8, 4) is 5.75 Å². The highest BCUT2D eigenvalue weighted by molar-refractivity contribution is 7.92. The van der Waals surface area contributed by atoms with Crippen LogP contribution in [0.2, 0.25) is 0 Å². The highest BCUT2D eigenvalue weighted by Gasteiger charge is 2.36. The van der Waals surface area contributed by atoms with Crippen LogP contribution in [0.3, 0.4) is 0 Å². The van der Waals surface area contributed by atoms with Gasteiger partial charge in [0.15, 0.2) is 0 Å². The van der Waals surface area contributed by atoms with Crippen molar-refractivity contribution < 1.29 is 31.4 Å². The van der Waals surface area contributed by atoms with Gasteiger partial charge < -0.3 is 9.84 Å². The van der Waals surface area contributed by atoms with E-state index in [1.807, 2.05) is 0 Å². The number of alkyl halides is 3. The average molecular weight is 387 g/mol. The summed E-state index contributed by atoms with van der Waals surface area (Å²) in [7, 11) is -2.88. The Hall–Kier alpha value is -2.26. The summed E-state index contributed by atoms with van der Waals surface area (Å²) >= 11 is 0. The molecular formula is C17H16F3NO4S. The number of sulfonamides is 1. The summed E-state index contributed by atoms with van der Waals surface area (Å²) in [5, 5.41) is 10.0. The summed E-state index contributed by atoms with van der Waals surface area (Å²) in [5.41, 5.74) is -0.200. The molecule has 0 saturated carbocycles. The van der Waals surface area contributed by atoms with Crippen LogP contribution >= 0.6 is 0 Å². The molecule has 1 atom stereocenters. The van der Waals surface area contributed by atoms with Crippen molar-refractivity contribution in [1.29, 1.82) is 0 Å². The van der Waals surface area contributed by atoms with Crippen LogP contribution < -0.4 is 9.04 Å². The van der Waals surface area contributed by atoms with Crippen LogP contribution in [0.4, 0.5) is 18.9 Å². The van der Waals surface area contributed by atoms with Gasteiger partial charge >= 0.3 is 6.18 Å². The number of halogens is 3. The third kappa shape index (κ3) is 3.36. The van der Waals surface area contributed by atoms with Gasteiger partial charge in [0.05, 0.1) is 35.9 Å². The number of aliphatic hydroxyl groups excluding tert-OH is 1. The Kier molecular flexibility index (Phi) is 4.61. The zero-order chi connectivity index (χ0) is 19.1. The van der Waals surface area contributed by atoms with E-state index in [1.165, 1.54) is 13.2 Å². The highest BCUT2D eigenvalue weighted by atomic mass is 32.2. The monoisotopic (exact) mass is 387 g/mol. The van der Waals surface area contributed by atoms with E-state index in [-0.39, 0.29) is 18.7 Å². The van der Waals surface area contributed by atoms with E-state index in [0.29, 0.717) is 17.4 Å². The van der Waals surface area contributed by atoms with Crippen molar-refractivity contribution >= 4 is 15.7 Å². The van der Waals surface area contributed by atoms with Crippen molar-refractivity contribution in [3.05, 3.63) is 53.6 Å². The number of fused-ring (bicyclic) bond motifs is 1. The number of methoxy groups -OCH3 is 1. The predicted octanol–water partition coefficient (Wildman–Crippen LogP) is 2.83. The Labute approximate surface area is 148 Å². The smallest absolute Gasteiger partial charge is 0.416 e. The lowest BCUT2D eigenvalue weighted by Crippen LogP contribution is -2.42. The van der Waals surface area contributed by atoms with Gasteiger partial charge in [-0.05, 0) is 29.8 Å². The molecule has 26 heavy (non-hydrogen) atoms. The molecule has 5 nitrogen and oxygen atoms in total. The van der Waals surface area contributed by atoms with Crippen molar-refractivity contribution in [2.24, 2.45) is 0 Å². The number of hydrogen-bond donors (Lipinski definition) is 1. The molecule has 3 rings (SSSR count). The first-order chi connectivity index (χ1) is 12.1. The molecule has 1 heterocycles. The molecule has 1 unspecified atom stereocenters. The molecule has 0 aliphatic carbocycles. The molecule has 0 spiro atoms. The minimum Gasteiger partial charge on any atom is -0.497 e. The van der Waals surface area contributed by atoms with Crippen molar-refractivity contribution in [2.75, 3.05) is 18.0 Å². The van der Waals surface area contributed by atoms with Gasteiger partial charge in [0.1, 0.15) is 5.75 Å². The van der Waals surface area contributed by atoms with Gasteiger partial charge in [-0.1, -0.05) is 12.1 Å². The molecule has 0 bridgehead atoms. The van der Waals surface area contributed by atoms with Crippen molar-refractivity contribution in [3.63, 3.8) is 0 Å². The van der Waals surface area contributed by atoms with E-state index in [0.717, 1.165) is 22.5 Å². The number of benzene rings is 2. The summed E-state index contributed by atoms with van der Waals surface area (Å²) in [6, 6.07) is 8.30. The molecule has 0 saturated heterocycles. The van der Waals surface area contributed by atoms with E-state index in [1.54, 1.807) is 12.1 Å². The first-order valence-corrected chi connectivity index (χ1v) is 9.12. The standard InChI is InChI=1S/C17H16F3NO4S/c1-25-14-6-5-11-7-13(22)10-21(16(11)9-14)26(23,24)15-4-2-3-12(8-15)17(18,19)20/h2-6,8-9,13,22H,7,10H2,1H3. The third-order valence-corrected chi connectivity index (χ3v) is 5.92. The van der Waals surface area contributed by atoms with Crippen LogP contribution in [0, 0.1) is 0 Å². The fourth-order valence-corrected chi connectivity index (χ4v) is 4.45. The largest absolute Gasteiger partial charge is 0.497 e. The Bertz CT molecular complexity index is 928. The van der Waals surface area contributed by atoms with E-state index in [4.69, 9.17) is 4.74 Å². The normalized spacial score (nSPS) is 17.7. The van der Waals surface area contributed by atoms with Gasteiger partial charge in [-0.15, -0.1) is 0 Å². The lowest BCUT2D eigenvalue weighted by Gasteiger charge is -2.33. The second-order valence-corrected chi connectivity index (χ2v) is 7.78. The Morgan fingerprint density at radius 1 is 1.19 bits per heavy atom. The van der Waals surface area contributed by atoms with Gasteiger partial charge in [-0.25, -0.2) is 8.42 Å². The van der Waals surface area contributed by atoms with Gasteiger partial charge in [0, 0.05) is 12.5 Å². The Morgan fingerprint density at radius 3 is 2.58 bits per heavy atom. The Morgan fingerprint density at radius 2 is 1.92 bits per heavy atom. The molecule has 9 heteroatoms. The number of rotatable bonds is 3. The Balaban J connectivity index is 2.11. The molecule has 0 fully saturated rings. The molecule has 1 aliphatic heterocycles. The van der Waals surface area contributed by atoms with Gasteiger partial charge in [0.2, 0.25) is 0 Å². The van der Waals surface area contributed by atoms with Crippen LogP contribution in [0.25, 0.3) is 0 Å². The number of hydrogen-bond acceptors (Lipinski definition) is 4. The zero-order valence-electron chi connectivity index (χ0n) is 13.7. The molecular weight excluding hydrogens is 371 g/mol. The molecule has 1 N–H and O–H groups in total. The molecule has 140 valence electrons. The molecule has 0 amide bonds. The lowest BCUT2D eigenvalue weighted by molar-refractivity contribution is -0.137. The summed E-state index contributed by atoms with van der Waals surface area (Å²) < 4.78 is 70.8. The summed E-state index contributed by atoms with van der Waals surface area (Å²) in [4.78, 5) is -0.491. The van der Waals surface area contributed by atoms with Gasteiger partial charge in [0.25, 0.3) is 10.0 Å². The number of nitrogens with zero attached hydrogens (tertiary/aromatic N) is 1. The fraction of sp³-hybridized carbons (Fsp3) is 0.294. The fourth-order valence-electron chi connectivity index (χ4n) is 2.87. The quantitative estimate of drug-likeness (QED) is 0.880. The van der Waals surface area contributed by atoms with Crippen LogP contribution in [0.5, 0.6) is 5.75 Å². The lowest BCUT2D eigenvalue weighted by atomic mass is 10.0. The summed E-state index contributed by atoms with van der Waals surface area (Å²) in [5.74, 6) is 0.407. The van der Waals surface area contributed by atoms with Gasteiger partial charge in [-0.3, -0.25) is 4.31 Å². The van der Waals surface area contributed by atoms with Crippen LogP contribution in [-0.4, -0.2) is 33.3 Å². The van der Waals surface area contributed by atoms with Crippen LogP contribution in [0.1, 0.15) is 11.1 Å². The first-order valence-electron chi connectivity index (χ1n) is 7.68. The zero-order valence-corrected chi connectivity index (χ0v) is 14.5. The van der Waals surface area contributed by atoms with E-state index in [2.05, 4.69) is 0 Å². The average Bonchev–Trinajstić information content (AvgIpc) is 2.60. The molecule has 1 aliphatic rings. The first kappa shape index (κ1) is 18.5. The highest BCUT2D eigenvalue weighted by Crippen LogP contribution is 2.36. The number of ether oxygens (including phenoxy) is 1. The molecule has 2 aromatic rings. The van der Waals surface area contributed by atoms with Gasteiger partial charge in [-0.2, -0.15) is 13.2 Å². The minimum atomic E-state index is -4.66. The second kappa shape index (κ2) is 6.48. The molecule has 0 radical (unpaired) electrons. The van der Waals surface area contributed by atoms with Crippen LogP contribution in [-0.2, 0) is 22.6 Å². The predicted molar refractivity (Wildman–Crippen MR) is 88.7 cm³/mol. The van der Waals surface area contributed by atoms with E-state index in [9.17, 15) is 26.7 Å². The topological polar surface area (TPSA) is 66.8 Å². The maximum atomic E-state index is 13.0. The number of aliphatic hydroxyl groups is 1. The summed E-state index contributed by atoms with van der Waals surface area (Å²) in [6.45, 7) is -0.251. The molecule has 2 aromatic carbocycles. The second-order valence-electron chi connectivity index (χ2n) is 5.91. The van der Waals surface area contributed by atoms with Crippen LogP contribution in [0.15, 0.2) is 47.4 Å². The van der Waals surface area contributed by atoms with E-state index >= 15 is 0 Å². The SMILES string of the molecule is COc1ccc2c(c1)N(S(=O)(=O)c1cccc(C(F)(F)F)c1)CC(O)C2. The maximum Gasteiger partial charge on any atom is 0.416 e. The van der Waals surface area contributed by atoms with Crippen molar-refractivity contribution in [2.45, 2.75) is 23.6 Å². The van der Waals surface area contributed by atoms with Crippen molar-refractivity contribution in [1.82, 2.24) is 0 Å². The summed E-state index contributed by atoms with van der Waals surface area (Å²) in [6.07, 6.45) is -5.38. The maximum absolute atomic E-state index is 13.0. The van der Waals surface area contributed by atoms with E-state index < -0.39 is 32.8 Å². The number of β-amino-alcohol motifs (C(OH)–C–C–N with tert-alkyl or cyclic N) is 1. The molecule has 0 aromatic heterocycles. The number of anilines is 1. The minimum absolute atomic E-state index is 0.244.